The summed E-state index contributed by atoms with van der Waals surface area (Å²) in [5.41, 5.74) is 0. The lowest BCUT2D eigenvalue weighted by molar-refractivity contribution is -0.182. The Morgan fingerprint density at radius 2 is 1.83 bits per heavy atom. The second-order valence-electron chi connectivity index (χ2n) is 5.75. The molecule has 18 heavy (non-hydrogen) atoms. The number of likely N-dealkylation sites (N-methyl/N-ethyl adjacent to an activating group) is 2. The van der Waals surface area contributed by atoms with Crippen LogP contribution in [-0.2, 0) is 9.47 Å². The molecular formula is C14H28N2O2. The van der Waals surface area contributed by atoms with Crippen molar-refractivity contribution in [2.45, 2.75) is 37.9 Å². The summed E-state index contributed by atoms with van der Waals surface area (Å²) < 4.78 is 11.5. The summed E-state index contributed by atoms with van der Waals surface area (Å²) in [6.07, 6.45) is 6.03. The van der Waals surface area contributed by atoms with Crippen LogP contribution in [0.25, 0.3) is 0 Å². The fourth-order valence-corrected chi connectivity index (χ4v) is 3.01. The first-order valence-corrected chi connectivity index (χ1v) is 7.35. The van der Waals surface area contributed by atoms with Crippen molar-refractivity contribution in [2.75, 3.05) is 46.9 Å². The molecule has 0 aromatic heterocycles. The number of nitrogens with zero attached hydrogens (tertiary/aromatic N) is 1. The van der Waals surface area contributed by atoms with Gasteiger partial charge >= 0.3 is 0 Å². The molecule has 0 radical (unpaired) electrons. The first-order chi connectivity index (χ1) is 8.74. The summed E-state index contributed by atoms with van der Waals surface area (Å²) >= 11 is 0. The number of ether oxygens (including phenoxy) is 2. The molecule has 0 amide bonds. The normalized spacial score (nSPS) is 24.2. The largest absolute Gasteiger partial charge is 0.348 e. The highest BCUT2D eigenvalue weighted by Gasteiger charge is 2.39. The maximum Gasteiger partial charge on any atom is 0.168 e. The highest BCUT2D eigenvalue weighted by atomic mass is 16.7. The van der Waals surface area contributed by atoms with Crippen molar-refractivity contribution in [3.8, 4) is 0 Å². The molecule has 4 heteroatoms. The molecule has 1 N–H and O–H groups in total. The van der Waals surface area contributed by atoms with E-state index >= 15 is 0 Å². The highest BCUT2D eigenvalue weighted by Crippen LogP contribution is 2.39. The molecule has 1 heterocycles. The van der Waals surface area contributed by atoms with Crippen LogP contribution in [0.2, 0.25) is 0 Å². The van der Waals surface area contributed by atoms with Crippen LogP contribution in [-0.4, -0.2) is 57.6 Å². The standard InChI is InChI=1S/C14H28N2O2/c1-15-8-10-16(2)9-5-13-3-6-14(7-4-13)17-11-12-18-14/h13,15H,3-12H2,1-2H3. The molecule has 2 rings (SSSR count). The predicted molar refractivity (Wildman–Crippen MR) is 72.6 cm³/mol. The summed E-state index contributed by atoms with van der Waals surface area (Å²) in [5.74, 6) is 0.676. The van der Waals surface area contributed by atoms with Gasteiger partial charge in [-0.05, 0) is 45.8 Å². The maximum absolute atomic E-state index is 5.77. The third-order valence-electron chi connectivity index (χ3n) is 4.34. The molecule has 4 nitrogen and oxygen atoms in total. The van der Waals surface area contributed by atoms with Crippen molar-refractivity contribution in [3.63, 3.8) is 0 Å². The van der Waals surface area contributed by atoms with E-state index in [1.807, 2.05) is 7.05 Å². The maximum atomic E-state index is 5.77. The minimum absolute atomic E-state index is 0.186. The molecule has 1 saturated heterocycles. The second-order valence-corrected chi connectivity index (χ2v) is 5.75. The lowest BCUT2D eigenvalue weighted by atomic mass is 9.83. The van der Waals surface area contributed by atoms with Crippen LogP contribution in [0.3, 0.4) is 0 Å². The molecule has 106 valence electrons. The van der Waals surface area contributed by atoms with E-state index < -0.39 is 0 Å². The van der Waals surface area contributed by atoms with Gasteiger partial charge in [-0.25, -0.2) is 0 Å². The van der Waals surface area contributed by atoms with Crippen molar-refractivity contribution >= 4 is 0 Å². The van der Waals surface area contributed by atoms with E-state index in [9.17, 15) is 0 Å². The van der Waals surface area contributed by atoms with E-state index in [1.165, 1.54) is 25.8 Å². The van der Waals surface area contributed by atoms with Gasteiger partial charge in [0.15, 0.2) is 5.79 Å². The third-order valence-corrected chi connectivity index (χ3v) is 4.34. The quantitative estimate of drug-likeness (QED) is 0.780. The Kier molecular flexibility index (Phi) is 5.42. The molecule has 0 aromatic rings. The van der Waals surface area contributed by atoms with Gasteiger partial charge < -0.3 is 19.7 Å². The Morgan fingerprint density at radius 3 is 2.44 bits per heavy atom. The van der Waals surface area contributed by atoms with Gasteiger partial charge in [-0.3, -0.25) is 0 Å². The molecule has 1 aliphatic carbocycles. The Hall–Kier alpha value is -0.160. The van der Waals surface area contributed by atoms with Gasteiger partial charge in [0.05, 0.1) is 13.2 Å². The fourth-order valence-electron chi connectivity index (χ4n) is 3.01. The molecule has 1 aliphatic heterocycles. The Bertz CT molecular complexity index is 232. The third kappa shape index (κ3) is 3.92. The smallest absolute Gasteiger partial charge is 0.168 e. The zero-order valence-electron chi connectivity index (χ0n) is 11.9. The van der Waals surface area contributed by atoms with Crippen molar-refractivity contribution in [2.24, 2.45) is 5.92 Å². The average molecular weight is 256 g/mol. The van der Waals surface area contributed by atoms with Gasteiger partial charge in [0.1, 0.15) is 0 Å². The number of hydrogen-bond donors (Lipinski definition) is 1. The van der Waals surface area contributed by atoms with Crippen LogP contribution in [0.4, 0.5) is 0 Å². The van der Waals surface area contributed by atoms with Gasteiger partial charge in [-0.2, -0.15) is 0 Å². The lowest BCUT2D eigenvalue weighted by Gasteiger charge is -2.35. The number of hydrogen-bond acceptors (Lipinski definition) is 4. The van der Waals surface area contributed by atoms with E-state index in [-0.39, 0.29) is 5.79 Å². The molecular weight excluding hydrogens is 228 g/mol. The van der Waals surface area contributed by atoms with Gasteiger partial charge in [0.25, 0.3) is 0 Å². The second kappa shape index (κ2) is 6.85. The van der Waals surface area contributed by atoms with Crippen LogP contribution in [0.1, 0.15) is 32.1 Å². The summed E-state index contributed by atoms with van der Waals surface area (Å²) in [5, 5.41) is 3.19. The molecule has 0 bridgehead atoms. The van der Waals surface area contributed by atoms with Crippen molar-refractivity contribution < 1.29 is 9.47 Å². The summed E-state index contributed by atoms with van der Waals surface area (Å²) in [4.78, 5) is 2.42. The predicted octanol–water partition coefficient (Wildman–Crippen LogP) is 1.46. The van der Waals surface area contributed by atoms with Gasteiger partial charge in [0.2, 0.25) is 0 Å². The summed E-state index contributed by atoms with van der Waals surface area (Å²) in [7, 11) is 4.22. The summed E-state index contributed by atoms with van der Waals surface area (Å²) in [6.45, 7) is 5.00. The summed E-state index contributed by atoms with van der Waals surface area (Å²) in [6, 6.07) is 0. The zero-order valence-corrected chi connectivity index (χ0v) is 11.9. The number of nitrogens with one attached hydrogen (secondary N) is 1. The highest BCUT2D eigenvalue weighted by molar-refractivity contribution is 4.82. The Balaban J connectivity index is 1.61. The van der Waals surface area contributed by atoms with Gasteiger partial charge in [-0.15, -0.1) is 0 Å². The monoisotopic (exact) mass is 256 g/mol. The van der Waals surface area contributed by atoms with Crippen LogP contribution < -0.4 is 5.32 Å². The molecule has 0 atom stereocenters. The van der Waals surface area contributed by atoms with E-state index in [2.05, 4.69) is 17.3 Å². The van der Waals surface area contributed by atoms with Crippen molar-refractivity contribution in [1.82, 2.24) is 10.2 Å². The minimum Gasteiger partial charge on any atom is -0.348 e. The van der Waals surface area contributed by atoms with E-state index in [1.54, 1.807) is 0 Å². The molecule has 1 spiro atoms. The zero-order chi connectivity index (χ0) is 12.8. The van der Waals surface area contributed by atoms with E-state index in [0.29, 0.717) is 0 Å². The molecule has 1 saturated carbocycles. The topological polar surface area (TPSA) is 33.7 Å². The first-order valence-electron chi connectivity index (χ1n) is 7.35. The molecule has 0 aromatic carbocycles. The van der Waals surface area contributed by atoms with E-state index in [4.69, 9.17) is 9.47 Å². The Labute approximate surface area is 111 Å². The average Bonchev–Trinajstić information content (AvgIpc) is 2.84. The SMILES string of the molecule is CNCCN(C)CCC1CCC2(CC1)OCCO2. The van der Waals surface area contributed by atoms with Gasteiger partial charge in [-0.1, -0.05) is 0 Å². The van der Waals surface area contributed by atoms with Crippen LogP contribution in [0.5, 0.6) is 0 Å². The van der Waals surface area contributed by atoms with Gasteiger partial charge in [0, 0.05) is 25.9 Å². The minimum atomic E-state index is -0.186. The van der Waals surface area contributed by atoms with Crippen LogP contribution in [0.15, 0.2) is 0 Å². The Morgan fingerprint density at radius 1 is 1.17 bits per heavy atom. The van der Waals surface area contributed by atoms with Crippen molar-refractivity contribution in [3.05, 3.63) is 0 Å². The molecule has 2 fully saturated rings. The van der Waals surface area contributed by atoms with Crippen LogP contribution >= 0.6 is 0 Å². The molecule has 0 unspecified atom stereocenters. The van der Waals surface area contributed by atoms with E-state index in [0.717, 1.165) is 45.1 Å². The molecule has 2 aliphatic rings. The lowest BCUT2D eigenvalue weighted by Crippen LogP contribution is -2.36. The number of rotatable bonds is 6. The van der Waals surface area contributed by atoms with Crippen LogP contribution in [0, 0.1) is 5.92 Å². The fraction of sp³-hybridized carbons (Fsp3) is 1.00. The first kappa shape index (κ1) is 14.3. The van der Waals surface area contributed by atoms with Crippen molar-refractivity contribution in [1.29, 1.82) is 0 Å².